The van der Waals surface area contributed by atoms with Crippen molar-refractivity contribution in [2.45, 2.75) is 19.8 Å². The van der Waals surface area contributed by atoms with E-state index in [1.807, 2.05) is 23.9 Å². The molecule has 4 heteroatoms. The fourth-order valence-electron chi connectivity index (χ4n) is 1.88. The second kappa shape index (κ2) is 5.10. The van der Waals surface area contributed by atoms with Gasteiger partial charge in [-0.3, -0.25) is 4.68 Å². The van der Waals surface area contributed by atoms with Crippen molar-refractivity contribution in [1.82, 2.24) is 14.8 Å². The van der Waals surface area contributed by atoms with E-state index in [2.05, 4.69) is 29.1 Å². The molecule has 0 fully saturated rings. The summed E-state index contributed by atoms with van der Waals surface area (Å²) in [4.78, 5) is 4.51. The minimum absolute atomic E-state index is 0.607. The zero-order valence-electron chi connectivity index (χ0n) is 10.3. The summed E-state index contributed by atoms with van der Waals surface area (Å²) in [6.07, 6.45) is 1.56. The Bertz CT molecular complexity index is 502. The second-order valence-electron chi connectivity index (χ2n) is 4.21. The van der Waals surface area contributed by atoms with Crippen LogP contribution in [0, 0.1) is 6.92 Å². The Labute approximate surface area is 101 Å². The fourth-order valence-corrected chi connectivity index (χ4v) is 1.88. The van der Waals surface area contributed by atoms with Gasteiger partial charge >= 0.3 is 0 Å². The third-order valence-corrected chi connectivity index (χ3v) is 2.87. The van der Waals surface area contributed by atoms with Crippen LogP contribution in [0.15, 0.2) is 24.3 Å². The van der Waals surface area contributed by atoms with Gasteiger partial charge in [-0.2, -0.15) is 5.10 Å². The summed E-state index contributed by atoms with van der Waals surface area (Å²) in [5.74, 6) is 1.82. The molecule has 2 rings (SSSR count). The second-order valence-corrected chi connectivity index (χ2v) is 4.21. The van der Waals surface area contributed by atoms with Crippen LogP contribution in [0.2, 0.25) is 0 Å². The molecule has 0 bridgehead atoms. The first-order chi connectivity index (χ1) is 8.20. The SMILES string of the molecule is Cc1ccccc1Cc1nc(CCN)n(C)n1. The first-order valence-corrected chi connectivity index (χ1v) is 5.84. The minimum atomic E-state index is 0.607. The zero-order chi connectivity index (χ0) is 12.3. The molecule has 1 aromatic heterocycles. The highest BCUT2D eigenvalue weighted by Crippen LogP contribution is 2.11. The van der Waals surface area contributed by atoms with Gasteiger partial charge in [-0.05, 0) is 24.6 Å². The monoisotopic (exact) mass is 230 g/mol. The number of hydrogen-bond acceptors (Lipinski definition) is 3. The molecule has 1 aromatic carbocycles. The molecule has 1 heterocycles. The van der Waals surface area contributed by atoms with Crippen molar-refractivity contribution in [3.05, 3.63) is 47.0 Å². The van der Waals surface area contributed by atoms with E-state index in [0.29, 0.717) is 6.54 Å². The molecule has 4 nitrogen and oxygen atoms in total. The predicted molar refractivity (Wildman–Crippen MR) is 67.7 cm³/mol. The van der Waals surface area contributed by atoms with Gasteiger partial charge in [0.2, 0.25) is 0 Å². The van der Waals surface area contributed by atoms with Crippen LogP contribution >= 0.6 is 0 Å². The average Bonchev–Trinajstić information content (AvgIpc) is 2.63. The molecule has 90 valence electrons. The Morgan fingerprint density at radius 1 is 1.29 bits per heavy atom. The normalized spacial score (nSPS) is 10.8. The summed E-state index contributed by atoms with van der Waals surface area (Å²) in [5, 5.41) is 4.42. The number of nitrogens with zero attached hydrogens (tertiary/aromatic N) is 3. The molecule has 0 amide bonds. The van der Waals surface area contributed by atoms with Gasteiger partial charge in [-0.25, -0.2) is 4.98 Å². The standard InChI is InChI=1S/C13H18N4/c1-10-5-3-4-6-11(10)9-12-15-13(7-8-14)17(2)16-12/h3-6H,7-9,14H2,1-2H3. The van der Waals surface area contributed by atoms with Crippen molar-refractivity contribution in [2.75, 3.05) is 6.54 Å². The largest absolute Gasteiger partial charge is 0.330 e. The lowest BCUT2D eigenvalue weighted by Gasteiger charge is -2.01. The van der Waals surface area contributed by atoms with Gasteiger partial charge in [-0.15, -0.1) is 0 Å². The quantitative estimate of drug-likeness (QED) is 0.859. The van der Waals surface area contributed by atoms with Gasteiger partial charge in [0.25, 0.3) is 0 Å². The van der Waals surface area contributed by atoms with E-state index in [4.69, 9.17) is 5.73 Å². The summed E-state index contributed by atoms with van der Waals surface area (Å²) < 4.78 is 1.82. The Kier molecular flexibility index (Phi) is 3.54. The molecule has 0 unspecified atom stereocenters. The van der Waals surface area contributed by atoms with Crippen LogP contribution in [0.4, 0.5) is 0 Å². The number of aromatic nitrogens is 3. The van der Waals surface area contributed by atoms with Crippen LogP contribution in [-0.4, -0.2) is 21.3 Å². The van der Waals surface area contributed by atoms with Gasteiger partial charge in [-0.1, -0.05) is 24.3 Å². The fraction of sp³-hybridized carbons (Fsp3) is 0.385. The number of hydrogen-bond donors (Lipinski definition) is 1. The minimum Gasteiger partial charge on any atom is -0.330 e. The maximum atomic E-state index is 5.53. The highest BCUT2D eigenvalue weighted by atomic mass is 15.3. The average molecular weight is 230 g/mol. The molecule has 0 aliphatic heterocycles. The van der Waals surface area contributed by atoms with E-state index in [0.717, 1.165) is 24.5 Å². The van der Waals surface area contributed by atoms with Crippen LogP contribution < -0.4 is 5.73 Å². The Morgan fingerprint density at radius 3 is 2.76 bits per heavy atom. The van der Waals surface area contributed by atoms with Gasteiger partial charge in [0.15, 0.2) is 5.82 Å². The van der Waals surface area contributed by atoms with Crippen molar-refractivity contribution in [1.29, 1.82) is 0 Å². The van der Waals surface area contributed by atoms with E-state index < -0.39 is 0 Å². The van der Waals surface area contributed by atoms with Crippen molar-refractivity contribution in [3.63, 3.8) is 0 Å². The molecule has 17 heavy (non-hydrogen) atoms. The van der Waals surface area contributed by atoms with E-state index in [1.165, 1.54) is 11.1 Å². The van der Waals surface area contributed by atoms with E-state index in [-0.39, 0.29) is 0 Å². The van der Waals surface area contributed by atoms with Crippen molar-refractivity contribution < 1.29 is 0 Å². The lowest BCUT2D eigenvalue weighted by Crippen LogP contribution is -2.08. The summed E-state index contributed by atoms with van der Waals surface area (Å²) >= 11 is 0. The summed E-state index contributed by atoms with van der Waals surface area (Å²) in [6.45, 7) is 2.72. The molecular formula is C13H18N4. The summed E-state index contributed by atoms with van der Waals surface area (Å²) in [5.41, 5.74) is 8.09. The topological polar surface area (TPSA) is 56.7 Å². The van der Waals surface area contributed by atoms with Crippen molar-refractivity contribution >= 4 is 0 Å². The molecule has 0 atom stereocenters. The van der Waals surface area contributed by atoms with Crippen molar-refractivity contribution in [2.24, 2.45) is 12.8 Å². The Morgan fingerprint density at radius 2 is 2.06 bits per heavy atom. The first-order valence-electron chi connectivity index (χ1n) is 5.84. The maximum Gasteiger partial charge on any atom is 0.155 e. The number of benzene rings is 1. The van der Waals surface area contributed by atoms with Crippen molar-refractivity contribution in [3.8, 4) is 0 Å². The summed E-state index contributed by atoms with van der Waals surface area (Å²) in [6, 6.07) is 8.32. The maximum absolute atomic E-state index is 5.53. The van der Waals surface area contributed by atoms with Crippen LogP contribution in [0.3, 0.4) is 0 Å². The predicted octanol–water partition coefficient (Wildman–Crippen LogP) is 1.22. The molecule has 0 radical (unpaired) electrons. The molecule has 2 aromatic rings. The van der Waals surface area contributed by atoms with E-state index in [1.54, 1.807) is 0 Å². The van der Waals surface area contributed by atoms with Crippen LogP contribution in [0.25, 0.3) is 0 Å². The zero-order valence-corrected chi connectivity index (χ0v) is 10.3. The van der Waals surface area contributed by atoms with Gasteiger partial charge in [0.1, 0.15) is 5.82 Å². The third kappa shape index (κ3) is 2.71. The highest BCUT2D eigenvalue weighted by molar-refractivity contribution is 5.28. The lowest BCUT2D eigenvalue weighted by atomic mass is 10.1. The number of rotatable bonds is 4. The van der Waals surface area contributed by atoms with Crippen LogP contribution in [-0.2, 0) is 19.9 Å². The third-order valence-electron chi connectivity index (χ3n) is 2.87. The molecule has 2 N–H and O–H groups in total. The van der Waals surface area contributed by atoms with Gasteiger partial charge in [0.05, 0.1) is 0 Å². The molecule has 0 saturated carbocycles. The number of aryl methyl sites for hydroxylation is 2. The van der Waals surface area contributed by atoms with Gasteiger partial charge < -0.3 is 5.73 Å². The van der Waals surface area contributed by atoms with Crippen LogP contribution in [0.1, 0.15) is 22.8 Å². The van der Waals surface area contributed by atoms with E-state index >= 15 is 0 Å². The molecule has 0 spiro atoms. The molecule has 0 aliphatic rings. The molecule has 0 saturated heterocycles. The molecular weight excluding hydrogens is 212 g/mol. The summed E-state index contributed by atoms with van der Waals surface area (Å²) in [7, 11) is 1.92. The number of nitrogens with two attached hydrogens (primary N) is 1. The van der Waals surface area contributed by atoms with Gasteiger partial charge in [0, 0.05) is 19.9 Å². The smallest absolute Gasteiger partial charge is 0.155 e. The molecule has 0 aliphatic carbocycles. The Balaban J connectivity index is 2.19. The van der Waals surface area contributed by atoms with Crippen LogP contribution in [0.5, 0.6) is 0 Å². The lowest BCUT2D eigenvalue weighted by molar-refractivity contribution is 0.691. The first kappa shape index (κ1) is 11.8. The highest BCUT2D eigenvalue weighted by Gasteiger charge is 2.08. The Hall–Kier alpha value is -1.68. The van der Waals surface area contributed by atoms with E-state index in [9.17, 15) is 0 Å².